The zero-order valence-corrected chi connectivity index (χ0v) is 14.5. The number of benzene rings is 1. The molecule has 7 nitrogen and oxygen atoms in total. The molecule has 3 aromatic rings. The maximum absolute atomic E-state index is 12.5. The highest BCUT2D eigenvalue weighted by molar-refractivity contribution is 6.05. The second-order valence-electron chi connectivity index (χ2n) is 5.88. The standard InChI is InChI=1S/C18H14F3N5O2/c1-10-2-3-11(16(27)24-9-18(19,20)21)8-14(10)26-17(28)13-5-4-12-15(25-13)23-7-6-22-12/h2-8H,9H2,1H3,(H,24,27)(H,26,28). The zero-order chi connectivity index (χ0) is 20.3. The number of alkyl halides is 3. The van der Waals surface area contributed by atoms with Crippen molar-refractivity contribution in [3.63, 3.8) is 0 Å². The molecule has 2 amide bonds. The fourth-order valence-corrected chi connectivity index (χ4v) is 2.35. The summed E-state index contributed by atoms with van der Waals surface area (Å²) in [5.41, 5.74) is 1.81. The highest BCUT2D eigenvalue weighted by Crippen LogP contribution is 2.19. The number of hydrogen-bond donors (Lipinski definition) is 2. The van der Waals surface area contributed by atoms with Crippen LogP contribution in [0.3, 0.4) is 0 Å². The van der Waals surface area contributed by atoms with Crippen LogP contribution in [-0.4, -0.2) is 39.5 Å². The van der Waals surface area contributed by atoms with Gasteiger partial charge in [0.1, 0.15) is 17.8 Å². The third-order valence-corrected chi connectivity index (χ3v) is 3.76. The van der Waals surface area contributed by atoms with Crippen LogP contribution in [0.2, 0.25) is 0 Å². The molecule has 0 unspecified atom stereocenters. The van der Waals surface area contributed by atoms with E-state index in [-0.39, 0.29) is 16.9 Å². The van der Waals surface area contributed by atoms with Crippen LogP contribution >= 0.6 is 0 Å². The summed E-state index contributed by atoms with van der Waals surface area (Å²) < 4.78 is 36.8. The average Bonchev–Trinajstić information content (AvgIpc) is 2.66. The van der Waals surface area contributed by atoms with Gasteiger partial charge in [0.2, 0.25) is 0 Å². The predicted molar refractivity (Wildman–Crippen MR) is 94.9 cm³/mol. The third-order valence-electron chi connectivity index (χ3n) is 3.76. The number of aryl methyl sites for hydroxylation is 1. The Hall–Kier alpha value is -3.56. The molecule has 0 atom stereocenters. The molecule has 0 saturated carbocycles. The number of carbonyl (C=O) groups is 2. The van der Waals surface area contributed by atoms with Crippen molar-refractivity contribution in [1.29, 1.82) is 0 Å². The first-order chi connectivity index (χ1) is 13.2. The number of carbonyl (C=O) groups excluding carboxylic acids is 2. The monoisotopic (exact) mass is 389 g/mol. The van der Waals surface area contributed by atoms with E-state index < -0.39 is 24.5 Å². The first kappa shape index (κ1) is 19.2. The predicted octanol–water partition coefficient (Wildman–Crippen LogP) is 2.88. The number of hydrogen-bond acceptors (Lipinski definition) is 5. The Labute approximate surface area is 157 Å². The van der Waals surface area contributed by atoms with Gasteiger partial charge in [0.05, 0.1) is 0 Å². The normalized spacial score (nSPS) is 11.3. The molecule has 2 aromatic heterocycles. The molecule has 144 valence electrons. The second kappa shape index (κ2) is 7.59. The lowest BCUT2D eigenvalue weighted by atomic mass is 10.1. The summed E-state index contributed by atoms with van der Waals surface area (Å²) in [4.78, 5) is 36.6. The van der Waals surface area contributed by atoms with Crippen molar-refractivity contribution in [1.82, 2.24) is 20.3 Å². The van der Waals surface area contributed by atoms with Crippen molar-refractivity contribution in [3.05, 3.63) is 59.5 Å². The van der Waals surface area contributed by atoms with Crippen LogP contribution in [0.25, 0.3) is 11.2 Å². The van der Waals surface area contributed by atoms with E-state index in [1.54, 1.807) is 18.3 Å². The molecule has 0 saturated heterocycles. The van der Waals surface area contributed by atoms with Crippen LogP contribution in [0, 0.1) is 6.92 Å². The van der Waals surface area contributed by atoms with Gasteiger partial charge in [-0.2, -0.15) is 13.2 Å². The van der Waals surface area contributed by atoms with Crippen molar-refractivity contribution in [2.45, 2.75) is 13.1 Å². The quantitative estimate of drug-likeness (QED) is 0.715. The summed E-state index contributed by atoms with van der Waals surface area (Å²) in [6, 6.07) is 7.28. The van der Waals surface area contributed by atoms with Crippen molar-refractivity contribution in [2.24, 2.45) is 0 Å². The van der Waals surface area contributed by atoms with E-state index in [9.17, 15) is 22.8 Å². The van der Waals surface area contributed by atoms with Crippen LogP contribution in [0.1, 0.15) is 26.4 Å². The zero-order valence-electron chi connectivity index (χ0n) is 14.5. The molecule has 1 aromatic carbocycles. The Morgan fingerprint density at radius 3 is 2.54 bits per heavy atom. The minimum Gasteiger partial charge on any atom is -0.343 e. The van der Waals surface area contributed by atoms with Crippen molar-refractivity contribution in [2.75, 3.05) is 11.9 Å². The van der Waals surface area contributed by atoms with Crippen molar-refractivity contribution in [3.8, 4) is 0 Å². The van der Waals surface area contributed by atoms with Gasteiger partial charge in [-0.15, -0.1) is 0 Å². The van der Waals surface area contributed by atoms with Gasteiger partial charge < -0.3 is 10.6 Å². The number of nitrogens with one attached hydrogen (secondary N) is 2. The molecule has 0 aliphatic rings. The number of pyridine rings is 1. The smallest absolute Gasteiger partial charge is 0.343 e. The third kappa shape index (κ3) is 4.58. The molecule has 28 heavy (non-hydrogen) atoms. The minimum absolute atomic E-state index is 0.0116. The van der Waals surface area contributed by atoms with E-state index in [0.717, 1.165) is 0 Å². The van der Waals surface area contributed by atoms with E-state index in [4.69, 9.17) is 0 Å². The lowest BCUT2D eigenvalue weighted by Gasteiger charge is -2.12. The van der Waals surface area contributed by atoms with Crippen LogP contribution in [0.4, 0.5) is 18.9 Å². The van der Waals surface area contributed by atoms with Gasteiger partial charge in [0.25, 0.3) is 11.8 Å². The molecule has 0 fully saturated rings. The number of halogens is 3. The second-order valence-corrected chi connectivity index (χ2v) is 5.88. The van der Waals surface area contributed by atoms with Gasteiger partial charge in [0, 0.05) is 23.6 Å². The average molecular weight is 389 g/mol. The molecule has 0 aliphatic carbocycles. The first-order valence-corrected chi connectivity index (χ1v) is 8.08. The first-order valence-electron chi connectivity index (χ1n) is 8.08. The highest BCUT2D eigenvalue weighted by atomic mass is 19.4. The Kier molecular flexibility index (Phi) is 5.21. The topological polar surface area (TPSA) is 96.9 Å². The Morgan fingerprint density at radius 1 is 1.04 bits per heavy atom. The Morgan fingerprint density at radius 2 is 1.79 bits per heavy atom. The molecule has 0 aliphatic heterocycles. The lowest BCUT2D eigenvalue weighted by molar-refractivity contribution is -0.123. The lowest BCUT2D eigenvalue weighted by Crippen LogP contribution is -2.33. The Balaban J connectivity index is 1.79. The highest BCUT2D eigenvalue weighted by Gasteiger charge is 2.28. The van der Waals surface area contributed by atoms with Gasteiger partial charge in [0.15, 0.2) is 5.65 Å². The van der Waals surface area contributed by atoms with E-state index in [0.29, 0.717) is 16.7 Å². The fraction of sp³-hybridized carbons (Fsp3) is 0.167. The largest absolute Gasteiger partial charge is 0.405 e. The molecular weight excluding hydrogens is 375 g/mol. The minimum atomic E-state index is -4.51. The SMILES string of the molecule is Cc1ccc(C(=O)NCC(F)(F)F)cc1NC(=O)c1ccc2nccnc2n1. The van der Waals surface area contributed by atoms with Gasteiger partial charge in [-0.3, -0.25) is 14.6 Å². The summed E-state index contributed by atoms with van der Waals surface area (Å²) in [7, 11) is 0. The van der Waals surface area contributed by atoms with Crippen LogP contribution in [0.5, 0.6) is 0 Å². The summed E-state index contributed by atoms with van der Waals surface area (Å²) >= 11 is 0. The van der Waals surface area contributed by atoms with E-state index in [2.05, 4.69) is 20.3 Å². The number of aromatic nitrogens is 3. The summed E-state index contributed by atoms with van der Waals surface area (Å²) in [5, 5.41) is 4.39. The Bertz CT molecular complexity index is 1050. The van der Waals surface area contributed by atoms with Crippen LogP contribution in [-0.2, 0) is 0 Å². The summed E-state index contributed by atoms with van der Waals surface area (Å²) in [5.74, 6) is -1.45. The number of anilines is 1. The summed E-state index contributed by atoms with van der Waals surface area (Å²) in [6.45, 7) is 0.246. The molecule has 3 rings (SSSR count). The van der Waals surface area contributed by atoms with Gasteiger partial charge >= 0.3 is 6.18 Å². The van der Waals surface area contributed by atoms with E-state index in [1.807, 2.05) is 0 Å². The molecule has 10 heteroatoms. The number of amides is 2. The molecule has 0 radical (unpaired) electrons. The van der Waals surface area contributed by atoms with Crippen LogP contribution < -0.4 is 10.6 Å². The van der Waals surface area contributed by atoms with E-state index >= 15 is 0 Å². The van der Waals surface area contributed by atoms with Crippen molar-refractivity contribution < 1.29 is 22.8 Å². The molecular formula is C18H14F3N5O2. The number of nitrogens with zero attached hydrogens (tertiary/aromatic N) is 3. The van der Waals surface area contributed by atoms with Gasteiger partial charge in [-0.1, -0.05) is 6.07 Å². The summed E-state index contributed by atoms with van der Waals surface area (Å²) in [6.07, 6.45) is -1.56. The molecule has 0 bridgehead atoms. The van der Waals surface area contributed by atoms with Crippen molar-refractivity contribution >= 4 is 28.7 Å². The van der Waals surface area contributed by atoms with E-state index in [1.165, 1.54) is 36.7 Å². The molecule has 2 heterocycles. The number of rotatable bonds is 4. The molecule has 0 spiro atoms. The molecule has 2 N–H and O–H groups in total. The van der Waals surface area contributed by atoms with Gasteiger partial charge in [-0.25, -0.2) is 9.97 Å². The van der Waals surface area contributed by atoms with Gasteiger partial charge in [-0.05, 0) is 36.8 Å². The van der Waals surface area contributed by atoms with Crippen LogP contribution in [0.15, 0.2) is 42.7 Å². The maximum Gasteiger partial charge on any atom is 0.405 e. The fourth-order valence-electron chi connectivity index (χ4n) is 2.35. The maximum atomic E-state index is 12.5. The number of fused-ring (bicyclic) bond motifs is 1.